The largest absolute Gasteiger partial charge is 0.493 e. The lowest BCUT2D eigenvalue weighted by atomic mass is 9.53. The fraction of sp³-hybridized carbons (Fsp3) is 0.613. The number of rotatable bonds is 13. The van der Waals surface area contributed by atoms with Crippen LogP contribution in [0, 0.1) is 17.8 Å². The van der Waals surface area contributed by atoms with Crippen molar-refractivity contribution in [3.63, 3.8) is 0 Å². The van der Waals surface area contributed by atoms with Crippen LogP contribution in [0.3, 0.4) is 0 Å². The molecule has 2 aromatic rings. The minimum Gasteiger partial charge on any atom is -0.493 e. The van der Waals surface area contributed by atoms with Crippen LogP contribution >= 0.6 is 11.3 Å². The van der Waals surface area contributed by atoms with Crippen molar-refractivity contribution < 1.29 is 23.8 Å². The van der Waals surface area contributed by atoms with Crippen molar-refractivity contribution in [1.82, 2.24) is 15.1 Å². The van der Waals surface area contributed by atoms with E-state index in [-0.39, 0.29) is 24.0 Å². The highest BCUT2D eigenvalue weighted by Crippen LogP contribution is 2.55. The van der Waals surface area contributed by atoms with Crippen LogP contribution in [0.4, 0.5) is 4.79 Å². The van der Waals surface area contributed by atoms with Crippen molar-refractivity contribution in [2.24, 2.45) is 17.8 Å². The van der Waals surface area contributed by atoms with Crippen LogP contribution in [0.25, 0.3) is 0 Å². The lowest BCUT2D eigenvalue weighted by molar-refractivity contribution is -0.132. The molecule has 4 bridgehead atoms. The van der Waals surface area contributed by atoms with E-state index in [1.54, 1.807) is 37.6 Å². The summed E-state index contributed by atoms with van der Waals surface area (Å²) in [7, 11) is 4.87. The van der Waals surface area contributed by atoms with Gasteiger partial charge in [-0.2, -0.15) is 0 Å². The maximum absolute atomic E-state index is 13.8. The molecule has 40 heavy (non-hydrogen) atoms. The molecular formula is C31H43N3O5S. The van der Waals surface area contributed by atoms with Crippen LogP contribution in [0.2, 0.25) is 0 Å². The zero-order chi connectivity index (χ0) is 28.1. The molecule has 0 spiro atoms. The smallest absolute Gasteiger partial charge is 0.318 e. The Hall–Kier alpha value is -2.78. The molecule has 218 valence electrons. The number of thiophene rings is 1. The Labute approximate surface area is 242 Å². The minimum atomic E-state index is -0.136. The molecule has 1 aromatic carbocycles. The Morgan fingerprint density at radius 2 is 1.65 bits per heavy atom. The summed E-state index contributed by atoms with van der Waals surface area (Å²) in [5, 5.41) is 5.47. The molecule has 1 N–H and O–H groups in total. The maximum Gasteiger partial charge on any atom is 0.318 e. The third-order valence-electron chi connectivity index (χ3n) is 8.99. The Bertz CT molecular complexity index is 1120. The standard InChI is InChI=1S/C31H43N3O5S/c1-37-11-10-34(30(36)32-31-17-23-13-24(18-31)15-25(14-23)19-31)21-29(35)33(20-26-5-4-12-40-26)9-8-22-6-7-27(38-2)28(16-22)39-3/h4-7,12,16,23-25H,8-11,13-15,17-21H2,1-3H3,(H,32,36). The summed E-state index contributed by atoms with van der Waals surface area (Å²) in [6, 6.07) is 9.75. The average molecular weight is 570 g/mol. The molecule has 1 heterocycles. The summed E-state index contributed by atoms with van der Waals surface area (Å²) in [5.74, 6) is 3.49. The van der Waals surface area contributed by atoms with E-state index in [1.165, 1.54) is 19.3 Å². The normalized spacial score (nSPS) is 24.5. The first-order valence-corrected chi connectivity index (χ1v) is 15.4. The number of nitrogens with one attached hydrogen (secondary N) is 1. The predicted octanol–water partition coefficient (Wildman–Crippen LogP) is 4.96. The molecule has 0 aliphatic heterocycles. The van der Waals surface area contributed by atoms with Crippen LogP contribution in [0.1, 0.15) is 49.0 Å². The maximum atomic E-state index is 13.8. The quantitative estimate of drug-likeness (QED) is 0.369. The molecule has 0 saturated heterocycles. The molecule has 0 radical (unpaired) electrons. The molecule has 0 unspecified atom stereocenters. The van der Waals surface area contributed by atoms with Gasteiger partial charge in [-0.3, -0.25) is 4.79 Å². The number of urea groups is 1. The van der Waals surface area contributed by atoms with Gasteiger partial charge in [0.25, 0.3) is 0 Å². The summed E-state index contributed by atoms with van der Waals surface area (Å²) < 4.78 is 16.2. The fourth-order valence-corrected chi connectivity index (χ4v) is 8.19. The molecular weight excluding hydrogens is 526 g/mol. The van der Waals surface area contributed by atoms with E-state index in [2.05, 4.69) is 5.32 Å². The highest BCUT2D eigenvalue weighted by atomic mass is 32.1. The van der Waals surface area contributed by atoms with Crippen molar-refractivity contribution in [3.8, 4) is 11.5 Å². The van der Waals surface area contributed by atoms with Gasteiger partial charge in [0.2, 0.25) is 5.91 Å². The summed E-state index contributed by atoms with van der Waals surface area (Å²) >= 11 is 1.63. The topological polar surface area (TPSA) is 80.3 Å². The number of carbonyl (C=O) groups excluding carboxylic acids is 2. The fourth-order valence-electron chi connectivity index (χ4n) is 7.47. The number of benzene rings is 1. The van der Waals surface area contributed by atoms with Crippen molar-refractivity contribution >= 4 is 23.3 Å². The third kappa shape index (κ3) is 6.74. The highest BCUT2D eigenvalue weighted by Gasteiger charge is 2.51. The van der Waals surface area contributed by atoms with Gasteiger partial charge in [0.15, 0.2) is 11.5 Å². The monoisotopic (exact) mass is 569 g/mol. The molecule has 6 rings (SSSR count). The van der Waals surface area contributed by atoms with E-state index < -0.39 is 0 Å². The first kappa shape index (κ1) is 28.7. The number of carbonyl (C=O) groups is 2. The molecule has 0 atom stereocenters. The highest BCUT2D eigenvalue weighted by molar-refractivity contribution is 7.09. The van der Waals surface area contributed by atoms with Gasteiger partial charge < -0.3 is 29.3 Å². The van der Waals surface area contributed by atoms with Gasteiger partial charge in [0.1, 0.15) is 6.54 Å². The Morgan fingerprint density at radius 3 is 2.25 bits per heavy atom. The number of nitrogens with zero attached hydrogens (tertiary/aromatic N) is 2. The van der Waals surface area contributed by atoms with Crippen molar-refractivity contribution in [2.45, 2.75) is 57.0 Å². The van der Waals surface area contributed by atoms with E-state index >= 15 is 0 Å². The first-order chi connectivity index (χ1) is 19.4. The summed E-state index contributed by atoms with van der Waals surface area (Å²) in [6.07, 6.45) is 7.84. The lowest BCUT2D eigenvalue weighted by Crippen LogP contribution is -2.62. The van der Waals surface area contributed by atoms with E-state index in [1.807, 2.05) is 40.6 Å². The predicted molar refractivity (Wildman–Crippen MR) is 156 cm³/mol. The number of ether oxygens (including phenoxy) is 3. The van der Waals surface area contributed by atoms with Gasteiger partial charge in [0, 0.05) is 30.6 Å². The van der Waals surface area contributed by atoms with Crippen LogP contribution in [0.15, 0.2) is 35.7 Å². The Balaban J connectivity index is 1.27. The second kappa shape index (κ2) is 12.8. The second-order valence-corrected chi connectivity index (χ2v) is 12.9. The summed E-state index contributed by atoms with van der Waals surface area (Å²) in [6.45, 7) is 1.83. The Morgan fingerprint density at radius 1 is 0.950 bits per heavy atom. The summed E-state index contributed by atoms with van der Waals surface area (Å²) in [4.78, 5) is 32.1. The molecule has 8 nitrogen and oxygen atoms in total. The number of amides is 3. The molecule has 4 fully saturated rings. The van der Waals surface area contributed by atoms with E-state index in [9.17, 15) is 9.59 Å². The zero-order valence-electron chi connectivity index (χ0n) is 24.0. The van der Waals surface area contributed by atoms with Crippen LogP contribution in [0.5, 0.6) is 11.5 Å². The average Bonchev–Trinajstić information content (AvgIpc) is 3.45. The van der Waals surface area contributed by atoms with Crippen molar-refractivity contribution in [2.75, 3.05) is 47.6 Å². The SMILES string of the molecule is COCCN(CC(=O)N(CCc1ccc(OC)c(OC)c1)Cc1cccs1)C(=O)NC12CC3CC(CC(C3)C1)C2. The van der Waals surface area contributed by atoms with E-state index in [0.29, 0.717) is 44.2 Å². The minimum absolute atomic E-state index is 0.0267. The van der Waals surface area contributed by atoms with Gasteiger partial charge in [0.05, 0.1) is 27.4 Å². The van der Waals surface area contributed by atoms with Gasteiger partial charge in [-0.1, -0.05) is 12.1 Å². The van der Waals surface area contributed by atoms with Gasteiger partial charge in [-0.05, 0) is 91.8 Å². The van der Waals surface area contributed by atoms with Crippen molar-refractivity contribution in [1.29, 1.82) is 0 Å². The molecule has 9 heteroatoms. The zero-order valence-corrected chi connectivity index (χ0v) is 24.8. The van der Waals surface area contributed by atoms with E-state index in [4.69, 9.17) is 14.2 Å². The van der Waals surface area contributed by atoms with Crippen LogP contribution in [-0.4, -0.2) is 74.8 Å². The number of methoxy groups -OCH3 is 3. The van der Waals surface area contributed by atoms with Crippen molar-refractivity contribution in [3.05, 3.63) is 46.2 Å². The van der Waals surface area contributed by atoms with Gasteiger partial charge in [-0.25, -0.2) is 4.79 Å². The van der Waals surface area contributed by atoms with Gasteiger partial charge in [-0.15, -0.1) is 11.3 Å². The van der Waals surface area contributed by atoms with Crippen LogP contribution in [-0.2, 0) is 22.5 Å². The molecule has 3 amide bonds. The van der Waals surface area contributed by atoms with Crippen LogP contribution < -0.4 is 14.8 Å². The molecule has 4 aliphatic rings. The molecule has 4 aliphatic carbocycles. The third-order valence-corrected chi connectivity index (χ3v) is 9.85. The molecule has 4 saturated carbocycles. The second-order valence-electron chi connectivity index (χ2n) is 11.9. The first-order valence-electron chi connectivity index (χ1n) is 14.5. The Kier molecular flexibility index (Phi) is 9.20. The number of hydrogen-bond donors (Lipinski definition) is 1. The molecule has 1 aromatic heterocycles. The number of hydrogen-bond acceptors (Lipinski definition) is 6. The summed E-state index contributed by atoms with van der Waals surface area (Å²) in [5.41, 5.74) is 0.946. The lowest BCUT2D eigenvalue weighted by Gasteiger charge is -2.57. The van der Waals surface area contributed by atoms with Gasteiger partial charge >= 0.3 is 6.03 Å². The van der Waals surface area contributed by atoms with E-state index in [0.717, 1.165) is 47.5 Å².